The smallest absolute Gasteiger partial charge is 0.252 e. The predicted molar refractivity (Wildman–Crippen MR) is 134 cm³/mol. The highest BCUT2D eigenvalue weighted by atomic mass is 32.1. The van der Waals surface area contributed by atoms with Gasteiger partial charge in [-0.25, -0.2) is 9.67 Å². The van der Waals surface area contributed by atoms with E-state index in [0.29, 0.717) is 25.2 Å². The molecule has 1 amide bonds. The molecule has 8 heteroatoms. The molecule has 0 radical (unpaired) electrons. The Balaban J connectivity index is 1.36. The SMILES string of the molecule is Cc1cc(C(=O)NCc2c(C)nn(Cc3ccccc3)c2C)c2cnn(Cc3cccs3)c2n1. The summed E-state index contributed by atoms with van der Waals surface area (Å²) in [5.74, 6) is -0.138. The van der Waals surface area contributed by atoms with Crippen LogP contribution in [-0.2, 0) is 19.6 Å². The molecule has 1 aromatic carbocycles. The van der Waals surface area contributed by atoms with E-state index >= 15 is 0 Å². The molecule has 0 fully saturated rings. The summed E-state index contributed by atoms with van der Waals surface area (Å²) in [5.41, 5.74) is 6.31. The van der Waals surface area contributed by atoms with Gasteiger partial charge in [0.05, 0.1) is 35.9 Å². The molecule has 34 heavy (non-hydrogen) atoms. The Morgan fingerprint density at radius 1 is 1.03 bits per heavy atom. The van der Waals surface area contributed by atoms with Gasteiger partial charge in [-0.3, -0.25) is 9.48 Å². The van der Waals surface area contributed by atoms with Gasteiger partial charge >= 0.3 is 0 Å². The quantitative estimate of drug-likeness (QED) is 0.376. The maximum absolute atomic E-state index is 13.2. The second-order valence-corrected chi connectivity index (χ2v) is 9.44. The number of amides is 1. The van der Waals surface area contributed by atoms with Crippen LogP contribution >= 0.6 is 11.3 Å². The molecule has 0 atom stereocenters. The topological polar surface area (TPSA) is 77.6 Å². The molecule has 7 nitrogen and oxygen atoms in total. The molecule has 1 N–H and O–H groups in total. The highest BCUT2D eigenvalue weighted by Gasteiger charge is 2.18. The Bertz CT molecular complexity index is 1450. The van der Waals surface area contributed by atoms with Crippen LogP contribution in [0.4, 0.5) is 0 Å². The van der Waals surface area contributed by atoms with Crippen LogP contribution in [0.1, 0.15) is 43.4 Å². The molecule has 0 unspecified atom stereocenters. The molecule has 0 bridgehead atoms. The van der Waals surface area contributed by atoms with Gasteiger partial charge in [-0.05, 0) is 43.8 Å². The molecule has 4 heterocycles. The highest BCUT2D eigenvalue weighted by molar-refractivity contribution is 7.09. The fourth-order valence-corrected chi connectivity index (χ4v) is 4.88. The lowest BCUT2D eigenvalue weighted by molar-refractivity contribution is 0.0952. The van der Waals surface area contributed by atoms with E-state index < -0.39 is 0 Å². The first kappa shape index (κ1) is 22.0. The maximum Gasteiger partial charge on any atom is 0.252 e. The van der Waals surface area contributed by atoms with Gasteiger partial charge in [-0.1, -0.05) is 36.4 Å². The summed E-state index contributed by atoms with van der Waals surface area (Å²) in [7, 11) is 0. The fraction of sp³-hybridized carbons (Fsp3) is 0.231. The van der Waals surface area contributed by atoms with Crippen LogP contribution in [-0.4, -0.2) is 30.5 Å². The average Bonchev–Trinajstić information content (AvgIpc) is 3.54. The third kappa shape index (κ3) is 4.36. The largest absolute Gasteiger partial charge is 0.348 e. The number of rotatable bonds is 7. The second-order valence-electron chi connectivity index (χ2n) is 8.41. The Labute approximate surface area is 202 Å². The second kappa shape index (κ2) is 9.23. The number of hydrogen-bond donors (Lipinski definition) is 1. The minimum atomic E-state index is -0.138. The minimum absolute atomic E-state index is 0.138. The van der Waals surface area contributed by atoms with E-state index in [1.807, 2.05) is 65.8 Å². The van der Waals surface area contributed by atoms with E-state index in [1.165, 1.54) is 10.4 Å². The Kier molecular flexibility index (Phi) is 5.98. The van der Waals surface area contributed by atoms with Crippen molar-refractivity contribution in [3.05, 3.63) is 98.8 Å². The average molecular weight is 471 g/mol. The molecule has 0 spiro atoms. The zero-order chi connectivity index (χ0) is 23.7. The van der Waals surface area contributed by atoms with E-state index in [2.05, 4.69) is 33.6 Å². The molecule has 5 rings (SSSR count). The number of fused-ring (bicyclic) bond motifs is 1. The lowest BCUT2D eigenvalue weighted by atomic mass is 10.1. The van der Waals surface area contributed by atoms with Crippen molar-refractivity contribution in [3.8, 4) is 0 Å². The van der Waals surface area contributed by atoms with Crippen LogP contribution in [0.5, 0.6) is 0 Å². The predicted octanol–water partition coefficient (Wildman–Crippen LogP) is 4.64. The lowest BCUT2D eigenvalue weighted by Gasteiger charge is -2.09. The van der Waals surface area contributed by atoms with Gasteiger partial charge in [-0.15, -0.1) is 11.3 Å². The molecule has 0 aliphatic rings. The number of aryl methyl sites for hydroxylation is 2. The van der Waals surface area contributed by atoms with Crippen molar-refractivity contribution in [2.45, 2.75) is 40.4 Å². The van der Waals surface area contributed by atoms with Gasteiger partial charge < -0.3 is 5.32 Å². The van der Waals surface area contributed by atoms with Crippen LogP contribution < -0.4 is 5.32 Å². The molecule has 0 saturated carbocycles. The summed E-state index contributed by atoms with van der Waals surface area (Å²) in [5, 5.41) is 15.1. The van der Waals surface area contributed by atoms with Gasteiger partial charge in [0.1, 0.15) is 0 Å². The van der Waals surface area contributed by atoms with E-state index in [1.54, 1.807) is 17.5 Å². The molecule has 4 aromatic heterocycles. The fourth-order valence-electron chi connectivity index (χ4n) is 4.19. The summed E-state index contributed by atoms with van der Waals surface area (Å²) in [6.07, 6.45) is 1.73. The van der Waals surface area contributed by atoms with Crippen molar-refractivity contribution in [2.75, 3.05) is 0 Å². The third-order valence-corrected chi connectivity index (χ3v) is 6.86. The summed E-state index contributed by atoms with van der Waals surface area (Å²) in [6.45, 7) is 7.69. The van der Waals surface area contributed by atoms with Gasteiger partial charge in [0.2, 0.25) is 0 Å². The highest BCUT2D eigenvalue weighted by Crippen LogP contribution is 2.21. The van der Waals surface area contributed by atoms with Crippen LogP contribution in [0.3, 0.4) is 0 Å². The molecule has 172 valence electrons. The molecule has 0 saturated heterocycles. The lowest BCUT2D eigenvalue weighted by Crippen LogP contribution is -2.24. The Hall–Kier alpha value is -3.78. The standard InChI is InChI=1S/C26H26N6OS/c1-17-12-22(24-14-28-32(25(24)29-17)16-21-10-7-11-34-21)26(33)27-13-23-18(2)30-31(19(23)3)15-20-8-5-4-6-9-20/h4-12,14H,13,15-16H2,1-3H3,(H,27,33). The first-order chi connectivity index (χ1) is 16.5. The van der Waals surface area contributed by atoms with Gasteiger partial charge in [-0.2, -0.15) is 10.2 Å². The molecular formula is C26H26N6OS. The van der Waals surface area contributed by atoms with E-state index in [9.17, 15) is 4.79 Å². The summed E-state index contributed by atoms with van der Waals surface area (Å²) < 4.78 is 3.85. The number of nitrogens with one attached hydrogen (secondary N) is 1. The zero-order valence-electron chi connectivity index (χ0n) is 19.4. The van der Waals surface area contributed by atoms with Crippen LogP contribution in [0.15, 0.2) is 60.1 Å². The summed E-state index contributed by atoms with van der Waals surface area (Å²) in [6, 6.07) is 16.2. The molecule has 0 aliphatic carbocycles. The number of hydrogen-bond acceptors (Lipinski definition) is 5. The number of carbonyl (C=O) groups is 1. The van der Waals surface area contributed by atoms with Crippen molar-refractivity contribution in [1.29, 1.82) is 0 Å². The number of pyridine rings is 1. The number of thiophene rings is 1. The first-order valence-electron chi connectivity index (χ1n) is 11.2. The summed E-state index contributed by atoms with van der Waals surface area (Å²) in [4.78, 5) is 19.1. The number of carbonyl (C=O) groups excluding carboxylic acids is 1. The third-order valence-electron chi connectivity index (χ3n) is 6.00. The van der Waals surface area contributed by atoms with Crippen molar-refractivity contribution in [3.63, 3.8) is 0 Å². The van der Waals surface area contributed by atoms with Crippen LogP contribution in [0.2, 0.25) is 0 Å². The normalized spacial score (nSPS) is 11.3. The Morgan fingerprint density at radius 2 is 1.85 bits per heavy atom. The summed E-state index contributed by atoms with van der Waals surface area (Å²) >= 11 is 1.68. The van der Waals surface area contributed by atoms with E-state index in [4.69, 9.17) is 5.10 Å². The van der Waals surface area contributed by atoms with Crippen molar-refractivity contribution in [2.24, 2.45) is 0 Å². The van der Waals surface area contributed by atoms with Crippen LogP contribution in [0.25, 0.3) is 11.0 Å². The molecule has 5 aromatic rings. The van der Waals surface area contributed by atoms with Gasteiger partial charge in [0.25, 0.3) is 5.91 Å². The maximum atomic E-state index is 13.2. The number of benzene rings is 1. The monoisotopic (exact) mass is 470 g/mol. The zero-order valence-corrected chi connectivity index (χ0v) is 20.3. The minimum Gasteiger partial charge on any atom is -0.348 e. The van der Waals surface area contributed by atoms with Crippen molar-refractivity contribution < 1.29 is 4.79 Å². The van der Waals surface area contributed by atoms with E-state index in [0.717, 1.165) is 33.7 Å². The van der Waals surface area contributed by atoms with Crippen LogP contribution in [0, 0.1) is 20.8 Å². The Morgan fingerprint density at radius 3 is 2.62 bits per heavy atom. The van der Waals surface area contributed by atoms with Crippen molar-refractivity contribution >= 4 is 28.3 Å². The molecule has 0 aliphatic heterocycles. The van der Waals surface area contributed by atoms with Gasteiger partial charge in [0, 0.05) is 28.4 Å². The first-order valence-corrected chi connectivity index (χ1v) is 12.1. The molecular weight excluding hydrogens is 444 g/mol. The van der Waals surface area contributed by atoms with Gasteiger partial charge in [0.15, 0.2) is 5.65 Å². The van der Waals surface area contributed by atoms with E-state index in [-0.39, 0.29) is 5.91 Å². The number of nitrogens with zero attached hydrogens (tertiary/aromatic N) is 5. The van der Waals surface area contributed by atoms with Crippen molar-refractivity contribution in [1.82, 2.24) is 29.9 Å². The number of aromatic nitrogens is 5.